The van der Waals surface area contributed by atoms with Gasteiger partial charge in [0.2, 0.25) is 0 Å². The first-order valence-corrected chi connectivity index (χ1v) is 7.27. The maximum absolute atomic E-state index is 10.7. The minimum atomic E-state index is -1.02. The van der Waals surface area contributed by atoms with Gasteiger partial charge in [-0.25, -0.2) is 0 Å². The van der Waals surface area contributed by atoms with Gasteiger partial charge in [-0.2, -0.15) is 0 Å². The molecule has 21 heavy (non-hydrogen) atoms. The fourth-order valence-electron chi connectivity index (χ4n) is 3.04. The third-order valence-corrected chi connectivity index (χ3v) is 5.23. The van der Waals surface area contributed by atoms with E-state index in [0.717, 1.165) is 5.56 Å². The molecular weight excluding hydrogens is 311 g/mol. The first-order chi connectivity index (χ1) is 9.89. The first kappa shape index (κ1) is 14.7. The number of aromatic hydroxyl groups is 1. The Labute approximate surface area is 132 Å². The predicted molar refractivity (Wildman–Crippen MR) is 81.8 cm³/mol. The number of fused-ring (bicyclic) bond motifs is 1. The lowest BCUT2D eigenvalue weighted by molar-refractivity contribution is 0.0147. The Morgan fingerprint density at radius 2 is 1.62 bits per heavy atom. The Balaban J connectivity index is 2.24. The van der Waals surface area contributed by atoms with Crippen LogP contribution in [0.4, 0.5) is 0 Å². The van der Waals surface area contributed by atoms with E-state index in [9.17, 15) is 15.3 Å². The van der Waals surface area contributed by atoms with Gasteiger partial charge in [0, 0.05) is 5.56 Å². The molecule has 1 aliphatic rings. The maximum Gasteiger partial charge on any atom is 0.136 e. The van der Waals surface area contributed by atoms with Crippen LogP contribution in [0.1, 0.15) is 35.8 Å². The topological polar surface area (TPSA) is 60.7 Å². The van der Waals surface area contributed by atoms with Crippen molar-refractivity contribution in [3.63, 3.8) is 0 Å². The van der Waals surface area contributed by atoms with Crippen molar-refractivity contribution in [3.8, 4) is 5.75 Å². The molecule has 3 nitrogen and oxygen atoms in total. The smallest absolute Gasteiger partial charge is 0.136 e. The van der Waals surface area contributed by atoms with Gasteiger partial charge < -0.3 is 15.3 Å². The second kappa shape index (κ2) is 4.89. The minimum Gasteiger partial charge on any atom is -0.506 e. The van der Waals surface area contributed by atoms with Gasteiger partial charge in [0.05, 0.1) is 22.6 Å². The van der Waals surface area contributed by atoms with Gasteiger partial charge in [0.15, 0.2) is 0 Å². The van der Waals surface area contributed by atoms with Crippen molar-refractivity contribution < 1.29 is 15.3 Å². The molecule has 0 bridgehead atoms. The van der Waals surface area contributed by atoms with Gasteiger partial charge in [-0.1, -0.05) is 53.5 Å². The number of hydrogen-bond acceptors (Lipinski definition) is 3. The molecule has 0 radical (unpaired) electrons. The first-order valence-electron chi connectivity index (χ1n) is 6.51. The number of phenolic OH excluding ortho intramolecular Hbond substituents is 1. The minimum absolute atomic E-state index is 0.0148. The molecule has 0 heterocycles. The SMILES string of the molecule is CC1(c2ccccc2)C(O)c2cc(O)c(Cl)c(Cl)c2C1O. The summed E-state index contributed by atoms with van der Waals surface area (Å²) in [5.41, 5.74) is 0.608. The van der Waals surface area contributed by atoms with Crippen LogP contribution in [0.5, 0.6) is 5.75 Å². The van der Waals surface area contributed by atoms with Crippen LogP contribution >= 0.6 is 23.2 Å². The van der Waals surface area contributed by atoms with E-state index in [4.69, 9.17) is 23.2 Å². The molecule has 3 rings (SSSR count). The van der Waals surface area contributed by atoms with Crippen molar-refractivity contribution in [3.05, 3.63) is 63.1 Å². The highest BCUT2D eigenvalue weighted by molar-refractivity contribution is 6.43. The average molecular weight is 325 g/mol. The number of phenols is 1. The lowest BCUT2D eigenvalue weighted by Gasteiger charge is -2.32. The maximum atomic E-state index is 10.7. The van der Waals surface area contributed by atoms with Crippen molar-refractivity contribution in [2.75, 3.05) is 0 Å². The predicted octanol–water partition coefficient (Wildman–Crippen LogP) is 3.74. The molecule has 0 saturated heterocycles. The van der Waals surface area contributed by atoms with Crippen molar-refractivity contribution >= 4 is 23.2 Å². The number of aliphatic hydroxyl groups excluding tert-OH is 2. The standard InChI is InChI=1S/C16H14Cl2O3/c1-16(8-5-3-2-4-6-8)14(20)9-7-10(19)12(17)13(18)11(9)15(16)21/h2-7,14-15,19-21H,1H3. The fraction of sp³-hybridized carbons (Fsp3) is 0.250. The molecule has 0 aromatic heterocycles. The summed E-state index contributed by atoms with van der Waals surface area (Å²) in [5.74, 6) is -0.205. The number of rotatable bonds is 1. The lowest BCUT2D eigenvalue weighted by atomic mass is 9.76. The molecule has 3 N–H and O–H groups in total. The van der Waals surface area contributed by atoms with Crippen molar-refractivity contribution in [2.24, 2.45) is 0 Å². The molecule has 3 atom stereocenters. The summed E-state index contributed by atoms with van der Waals surface area (Å²) in [7, 11) is 0. The van der Waals surface area contributed by atoms with Crippen LogP contribution in [0.3, 0.4) is 0 Å². The summed E-state index contributed by atoms with van der Waals surface area (Å²) in [5, 5.41) is 31.3. The van der Waals surface area contributed by atoms with Gasteiger partial charge in [-0.15, -0.1) is 0 Å². The van der Waals surface area contributed by atoms with Crippen LogP contribution < -0.4 is 0 Å². The summed E-state index contributed by atoms with van der Waals surface area (Å²) in [6.07, 6.45) is -2.01. The molecule has 0 fully saturated rings. The highest BCUT2D eigenvalue weighted by Crippen LogP contribution is 2.58. The number of benzene rings is 2. The zero-order valence-electron chi connectivity index (χ0n) is 11.2. The highest BCUT2D eigenvalue weighted by Gasteiger charge is 2.51. The van der Waals surface area contributed by atoms with Crippen LogP contribution in [0.2, 0.25) is 10.0 Å². The van der Waals surface area contributed by atoms with Crippen LogP contribution in [0.25, 0.3) is 0 Å². The molecule has 0 saturated carbocycles. The molecule has 3 unspecified atom stereocenters. The molecule has 0 spiro atoms. The quantitative estimate of drug-likeness (QED) is 0.748. The fourth-order valence-corrected chi connectivity index (χ4v) is 3.50. The van der Waals surface area contributed by atoms with E-state index in [2.05, 4.69) is 0 Å². The largest absolute Gasteiger partial charge is 0.506 e. The van der Waals surface area contributed by atoms with Crippen molar-refractivity contribution in [2.45, 2.75) is 24.5 Å². The Bertz CT molecular complexity index is 702. The zero-order chi connectivity index (χ0) is 15.4. The average Bonchev–Trinajstić information content (AvgIpc) is 2.68. The van der Waals surface area contributed by atoms with E-state index in [1.807, 2.05) is 30.3 Å². The van der Waals surface area contributed by atoms with Gasteiger partial charge in [0.1, 0.15) is 10.8 Å². The summed E-state index contributed by atoms with van der Waals surface area (Å²) in [6, 6.07) is 10.6. The Morgan fingerprint density at radius 1 is 1.00 bits per heavy atom. The third kappa shape index (κ3) is 1.89. The summed E-state index contributed by atoms with van der Waals surface area (Å²) in [4.78, 5) is 0. The van der Waals surface area contributed by atoms with E-state index in [0.29, 0.717) is 11.1 Å². The summed E-state index contributed by atoms with van der Waals surface area (Å²) in [6.45, 7) is 1.76. The van der Waals surface area contributed by atoms with Crippen LogP contribution in [0, 0.1) is 0 Å². The molecule has 5 heteroatoms. The van der Waals surface area contributed by atoms with E-state index in [1.165, 1.54) is 6.07 Å². The van der Waals surface area contributed by atoms with E-state index in [1.54, 1.807) is 6.92 Å². The van der Waals surface area contributed by atoms with Crippen molar-refractivity contribution in [1.82, 2.24) is 0 Å². The van der Waals surface area contributed by atoms with E-state index >= 15 is 0 Å². The Morgan fingerprint density at radius 3 is 2.24 bits per heavy atom. The normalized spacial score (nSPS) is 27.7. The van der Waals surface area contributed by atoms with Gasteiger partial charge in [-0.05, 0) is 24.1 Å². The molecule has 0 amide bonds. The van der Waals surface area contributed by atoms with Gasteiger partial charge >= 0.3 is 0 Å². The Hall–Kier alpha value is -1.26. The monoisotopic (exact) mass is 324 g/mol. The summed E-state index contributed by atoms with van der Waals surface area (Å²) < 4.78 is 0. The van der Waals surface area contributed by atoms with Crippen LogP contribution in [-0.4, -0.2) is 15.3 Å². The van der Waals surface area contributed by atoms with E-state index in [-0.39, 0.29) is 15.8 Å². The van der Waals surface area contributed by atoms with Gasteiger partial charge in [0.25, 0.3) is 0 Å². The molecule has 0 aliphatic heterocycles. The molecule has 1 aliphatic carbocycles. The van der Waals surface area contributed by atoms with Crippen LogP contribution in [-0.2, 0) is 5.41 Å². The molecule has 2 aromatic carbocycles. The Kier molecular flexibility index (Phi) is 3.41. The van der Waals surface area contributed by atoms with Crippen LogP contribution in [0.15, 0.2) is 36.4 Å². The molecule has 2 aromatic rings. The second-order valence-electron chi connectivity index (χ2n) is 5.48. The number of hydrogen-bond donors (Lipinski definition) is 3. The van der Waals surface area contributed by atoms with Crippen molar-refractivity contribution in [1.29, 1.82) is 0 Å². The number of aliphatic hydroxyl groups is 2. The second-order valence-corrected chi connectivity index (χ2v) is 6.24. The zero-order valence-corrected chi connectivity index (χ0v) is 12.7. The number of halogens is 2. The molecule has 110 valence electrons. The lowest BCUT2D eigenvalue weighted by Crippen LogP contribution is -2.31. The van der Waals surface area contributed by atoms with E-state index < -0.39 is 17.6 Å². The summed E-state index contributed by atoms with van der Waals surface area (Å²) >= 11 is 12.1. The third-order valence-electron chi connectivity index (χ3n) is 4.36. The molecular formula is C16H14Cl2O3. The van der Waals surface area contributed by atoms with Gasteiger partial charge in [-0.3, -0.25) is 0 Å². The highest BCUT2D eigenvalue weighted by atomic mass is 35.5.